The molecule has 0 aliphatic carbocycles. The van der Waals surface area contributed by atoms with Crippen molar-refractivity contribution < 1.29 is 22.7 Å². The Morgan fingerprint density at radius 3 is 2.28 bits per heavy atom. The van der Waals surface area contributed by atoms with Gasteiger partial charge in [-0.05, 0) is 42.0 Å². The molecule has 0 radical (unpaired) electrons. The van der Waals surface area contributed by atoms with Gasteiger partial charge in [0.15, 0.2) is 5.71 Å². The summed E-state index contributed by atoms with van der Waals surface area (Å²) in [5.41, 5.74) is -0.393. The zero-order chi connectivity index (χ0) is 22.7. The van der Waals surface area contributed by atoms with E-state index in [4.69, 9.17) is 16.3 Å². The molecule has 0 spiro atoms. The summed E-state index contributed by atoms with van der Waals surface area (Å²) in [7, 11) is 0. The van der Waals surface area contributed by atoms with Crippen LogP contribution in [-0.4, -0.2) is 17.8 Å². The minimum absolute atomic E-state index is 0.182. The highest BCUT2D eigenvalue weighted by Gasteiger charge is 2.46. The number of carbonyl (C=O) groups excluding carboxylic acids is 1. The van der Waals surface area contributed by atoms with Crippen LogP contribution in [0.15, 0.2) is 89.5 Å². The third-order valence-corrected chi connectivity index (χ3v) is 4.93. The number of para-hydroxylation sites is 2. The Balaban J connectivity index is 1.67. The van der Waals surface area contributed by atoms with Crippen molar-refractivity contribution in [3.63, 3.8) is 0 Å². The molecule has 32 heavy (non-hydrogen) atoms. The summed E-state index contributed by atoms with van der Waals surface area (Å²) >= 11 is 5.88. The lowest BCUT2D eigenvalue weighted by atomic mass is 10.1. The number of hydrogen-bond donors (Lipinski definition) is 0. The standard InChI is InChI=1S/C24H16ClF3N2O2/c25-18-12-10-16(11-13-18)15-32-21-9-5-4-6-17(21)14-20-22(24(26,27)28)29-30(23(20)31)19-7-2-1-3-8-19/h1-14H,15H2/b20-14-. The highest BCUT2D eigenvalue weighted by atomic mass is 35.5. The van der Waals surface area contributed by atoms with Gasteiger partial charge in [-0.25, -0.2) is 0 Å². The van der Waals surface area contributed by atoms with Crippen LogP contribution in [0.3, 0.4) is 0 Å². The van der Waals surface area contributed by atoms with E-state index >= 15 is 0 Å². The van der Waals surface area contributed by atoms with E-state index in [1.807, 2.05) is 0 Å². The van der Waals surface area contributed by atoms with Gasteiger partial charge in [0.1, 0.15) is 12.4 Å². The van der Waals surface area contributed by atoms with Crippen LogP contribution >= 0.6 is 11.6 Å². The van der Waals surface area contributed by atoms with Crippen molar-refractivity contribution in [2.75, 3.05) is 5.01 Å². The molecule has 0 bridgehead atoms. The molecule has 0 saturated heterocycles. The van der Waals surface area contributed by atoms with Crippen LogP contribution in [-0.2, 0) is 11.4 Å². The molecule has 0 N–H and O–H groups in total. The first-order valence-corrected chi connectivity index (χ1v) is 9.94. The molecule has 1 aliphatic rings. The Bertz CT molecular complexity index is 1190. The van der Waals surface area contributed by atoms with Crippen molar-refractivity contribution in [3.8, 4) is 5.75 Å². The second-order valence-electron chi connectivity index (χ2n) is 6.91. The van der Waals surface area contributed by atoms with Crippen LogP contribution in [0.25, 0.3) is 6.08 Å². The molecule has 0 fully saturated rings. The number of anilines is 1. The van der Waals surface area contributed by atoms with Crippen LogP contribution < -0.4 is 9.75 Å². The van der Waals surface area contributed by atoms with Gasteiger partial charge in [-0.1, -0.05) is 60.1 Å². The van der Waals surface area contributed by atoms with Gasteiger partial charge in [0.2, 0.25) is 0 Å². The largest absolute Gasteiger partial charge is 0.488 e. The van der Waals surface area contributed by atoms with Gasteiger partial charge in [-0.2, -0.15) is 23.3 Å². The van der Waals surface area contributed by atoms with Crippen LogP contribution in [0.2, 0.25) is 5.02 Å². The monoisotopic (exact) mass is 456 g/mol. The number of benzene rings is 3. The van der Waals surface area contributed by atoms with E-state index in [1.54, 1.807) is 66.7 Å². The van der Waals surface area contributed by atoms with E-state index in [-0.39, 0.29) is 12.3 Å². The highest BCUT2D eigenvalue weighted by molar-refractivity contribution is 6.34. The lowest BCUT2D eigenvalue weighted by Crippen LogP contribution is -2.25. The van der Waals surface area contributed by atoms with Crippen molar-refractivity contribution in [1.29, 1.82) is 0 Å². The maximum absolute atomic E-state index is 13.7. The predicted octanol–water partition coefficient (Wildman–Crippen LogP) is 6.27. The molecule has 0 unspecified atom stereocenters. The molecule has 1 heterocycles. The molecule has 3 aromatic carbocycles. The lowest BCUT2D eigenvalue weighted by Gasteiger charge is -2.12. The Morgan fingerprint density at radius 2 is 1.59 bits per heavy atom. The molecule has 1 amide bonds. The summed E-state index contributed by atoms with van der Waals surface area (Å²) in [5, 5.41) is 4.91. The van der Waals surface area contributed by atoms with Gasteiger partial charge in [0, 0.05) is 10.6 Å². The van der Waals surface area contributed by atoms with E-state index in [9.17, 15) is 18.0 Å². The normalized spacial score (nSPS) is 15.2. The van der Waals surface area contributed by atoms with E-state index in [2.05, 4.69) is 5.10 Å². The average Bonchev–Trinajstić information content (AvgIpc) is 3.11. The summed E-state index contributed by atoms with van der Waals surface area (Å²) in [5.74, 6) is -0.529. The maximum Gasteiger partial charge on any atom is 0.435 e. The summed E-state index contributed by atoms with van der Waals surface area (Å²) in [6.07, 6.45) is -3.64. The fraction of sp³-hybridized carbons (Fsp3) is 0.0833. The topological polar surface area (TPSA) is 41.9 Å². The molecular formula is C24H16ClF3N2O2. The second kappa shape index (κ2) is 8.88. The molecule has 4 nitrogen and oxygen atoms in total. The summed E-state index contributed by atoms with van der Waals surface area (Å²) in [4.78, 5) is 12.9. The van der Waals surface area contributed by atoms with Crippen LogP contribution in [0, 0.1) is 0 Å². The Kier molecular flexibility index (Phi) is 6.01. The number of hydrazone groups is 1. The van der Waals surface area contributed by atoms with Crippen molar-refractivity contribution in [2.24, 2.45) is 5.10 Å². The van der Waals surface area contributed by atoms with Crippen LogP contribution in [0.1, 0.15) is 11.1 Å². The first-order chi connectivity index (χ1) is 15.3. The van der Waals surface area contributed by atoms with E-state index in [0.717, 1.165) is 16.6 Å². The van der Waals surface area contributed by atoms with Crippen molar-refractivity contribution in [3.05, 3.63) is 101 Å². The molecule has 0 aromatic heterocycles. The van der Waals surface area contributed by atoms with Gasteiger partial charge >= 0.3 is 6.18 Å². The van der Waals surface area contributed by atoms with Gasteiger partial charge in [0.05, 0.1) is 11.3 Å². The molecule has 0 saturated carbocycles. The minimum atomic E-state index is -4.80. The first-order valence-electron chi connectivity index (χ1n) is 9.56. The number of amides is 1. The molecule has 162 valence electrons. The number of alkyl halides is 3. The molecular weight excluding hydrogens is 441 g/mol. The Labute approximate surface area is 187 Å². The number of ether oxygens (including phenoxy) is 1. The quantitative estimate of drug-likeness (QED) is 0.425. The number of carbonyl (C=O) groups is 1. The fourth-order valence-electron chi connectivity index (χ4n) is 3.13. The van der Waals surface area contributed by atoms with Gasteiger partial charge in [0.25, 0.3) is 5.91 Å². The SMILES string of the molecule is O=C1/C(=C\c2ccccc2OCc2ccc(Cl)cc2)C(C(F)(F)F)=NN1c1ccccc1. The lowest BCUT2D eigenvalue weighted by molar-refractivity contribution is -0.114. The maximum atomic E-state index is 13.7. The summed E-state index contributed by atoms with van der Waals surface area (Å²) in [6, 6.07) is 21.5. The zero-order valence-electron chi connectivity index (χ0n) is 16.5. The van der Waals surface area contributed by atoms with Gasteiger partial charge < -0.3 is 4.74 Å². The number of rotatable bonds is 5. The zero-order valence-corrected chi connectivity index (χ0v) is 17.3. The van der Waals surface area contributed by atoms with Crippen molar-refractivity contribution in [2.45, 2.75) is 12.8 Å². The van der Waals surface area contributed by atoms with Crippen molar-refractivity contribution in [1.82, 2.24) is 0 Å². The smallest absolute Gasteiger partial charge is 0.435 e. The van der Waals surface area contributed by atoms with Crippen molar-refractivity contribution >= 4 is 35.0 Å². The van der Waals surface area contributed by atoms with Gasteiger partial charge in [-0.15, -0.1) is 0 Å². The van der Waals surface area contributed by atoms with Crippen LogP contribution in [0.4, 0.5) is 18.9 Å². The molecule has 1 aliphatic heterocycles. The van der Waals surface area contributed by atoms with Gasteiger partial charge in [-0.3, -0.25) is 4.79 Å². The third-order valence-electron chi connectivity index (χ3n) is 4.67. The van der Waals surface area contributed by atoms with E-state index < -0.39 is 23.4 Å². The first kappa shape index (κ1) is 21.6. The summed E-state index contributed by atoms with van der Waals surface area (Å²) in [6.45, 7) is 0.182. The number of nitrogens with zero attached hydrogens (tertiary/aromatic N) is 2. The third kappa shape index (κ3) is 4.68. The second-order valence-corrected chi connectivity index (χ2v) is 7.35. The summed E-state index contributed by atoms with van der Waals surface area (Å²) < 4.78 is 46.9. The number of halogens is 4. The molecule has 0 atom stereocenters. The molecule has 4 rings (SSSR count). The Hall–Kier alpha value is -3.58. The fourth-order valence-corrected chi connectivity index (χ4v) is 3.25. The number of hydrogen-bond acceptors (Lipinski definition) is 3. The Morgan fingerprint density at radius 1 is 0.938 bits per heavy atom. The molecule has 8 heteroatoms. The highest BCUT2D eigenvalue weighted by Crippen LogP contribution is 2.34. The predicted molar refractivity (Wildman–Crippen MR) is 118 cm³/mol. The van der Waals surface area contributed by atoms with Crippen LogP contribution in [0.5, 0.6) is 5.75 Å². The minimum Gasteiger partial charge on any atom is -0.488 e. The van der Waals surface area contributed by atoms with E-state index in [1.165, 1.54) is 12.1 Å². The van der Waals surface area contributed by atoms with E-state index in [0.29, 0.717) is 16.3 Å². The average molecular weight is 457 g/mol. The molecule has 3 aromatic rings.